The molecule has 0 spiro atoms. The van der Waals surface area contributed by atoms with Crippen LogP contribution in [0.4, 0.5) is 0 Å². The van der Waals surface area contributed by atoms with E-state index in [2.05, 4.69) is 22.5 Å². The molecule has 1 unspecified atom stereocenters. The molecule has 2 N–H and O–H groups in total. The minimum atomic E-state index is -0.629. The van der Waals surface area contributed by atoms with E-state index in [9.17, 15) is 9.59 Å². The van der Waals surface area contributed by atoms with Gasteiger partial charge in [0.05, 0.1) is 11.5 Å². The number of unbranched alkanes of at least 4 members (excludes halogenated alkanes) is 1. The first-order chi connectivity index (χ1) is 12.1. The Morgan fingerprint density at radius 1 is 1.32 bits per heavy atom. The number of pyridine rings is 1. The number of aromatic nitrogens is 1. The quantitative estimate of drug-likeness (QED) is 0.673. The standard InChI is InChI=1S/C18H23N3O3S/c1-3-4-10-24-18-14(7-5-9-19-18)12-20-16(22)13(2)21-17(23)15-8-6-11-25-15/h5-9,11,13H,3-4,10,12H2,1-2H3,(H,20,22)(H,21,23). The van der Waals surface area contributed by atoms with E-state index in [4.69, 9.17) is 4.74 Å². The van der Waals surface area contributed by atoms with Crippen molar-refractivity contribution in [2.24, 2.45) is 0 Å². The Hall–Kier alpha value is -2.41. The van der Waals surface area contributed by atoms with Gasteiger partial charge in [-0.05, 0) is 30.9 Å². The highest BCUT2D eigenvalue weighted by Gasteiger charge is 2.17. The van der Waals surface area contributed by atoms with Crippen LogP contribution in [0.1, 0.15) is 41.9 Å². The largest absolute Gasteiger partial charge is 0.477 e. The summed E-state index contributed by atoms with van der Waals surface area (Å²) < 4.78 is 5.65. The molecule has 2 amide bonds. The van der Waals surface area contributed by atoms with Crippen molar-refractivity contribution < 1.29 is 14.3 Å². The highest BCUT2D eigenvalue weighted by atomic mass is 32.1. The minimum absolute atomic E-state index is 0.248. The Labute approximate surface area is 151 Å². The number of rotatable bonds is 9. The lowest BCUT2D eigenvalue weighted by atomic mass is 10.2. The van der Waals surface area contributed by atoms with Gasteiger partial charge in [-0.2, -0.15) is 0 Å². The second-order valence-corrected chi connectivity index (χ2v) is 6.51. The summed E-state index contributed by atoms with van der Waals surface area (Å²) in [7, 11) is 0. The number of amides is 2. The van der Waals surface area contributed by atoms with E-state index in [0.29, 0.717) is 23.9 Å². The fourth-order valence-electron chi connectivity index (χ4n) is 2.08. The molecule has 6 nitrogen and oxygen atoms in total. The third-order valence-corrected chi connectivity index (χ3v) is 4.39. The molecule has 2 aromatic rings. The third kappa shape index (κ3) is 5.86. The molecule has 0 saturated heterocycles. The average Bonchev–Trinajstić information content (AvgIpc) is 3.15. The van der Waals surface area contributed by atoms with Crippen molar-refractivity contribution >= 4 is 23.2 Å². The smallest absolute Gasteiger partial charge is 0.261 e. The Kier molecular flexibility index (Phi) is 7.40. The Morgan fingerprint density at radius 2 is 2.16 bits per heavy atom. The summed E-state index contributed by atoms with van der Waals surface area (Å²) in [6.07, 6.45) is 3.66. The maximum absolute atomic E-state index is 12.2. The maximum Gasteiger partial charge on any atom is 0.261 e. The average molecular weight is 361 g/mol. The van der Waals surface area contributed by atoms with E-state index >= 15 is 0 Å². The van der Waals surface area contributed by atoms with Crippen molar-refractivity contribution in [3.05, 3.63) is 46.3 Å². The monoisotopic (exact) mass is 361 g/mol. The molecule has 0 aromatic carbocycles. The lowest BCUT2D eigenvalue weighted by Crippen LogP contribution is -2.44. The van der Waals surface area contributed by atoms with Crippen LogP contribution in [0.5, 0.6) is 5.88 Å². The van der Waals surface area contributed by atoms with Gasteiger partial charge >= 0.3 is 0 Å². The summed E-state index contributed by atoms with van der Waals surface area (Å²) >= 11 is 1.34. The number of hydrogen-bond donors (Lipinski definition) is 2. The van der Waals surface area contributed by atoms with Gasteiger partial charge in [0, 0.05) is 18.3 Å². The van der Waals surface area contributed by atoms with E-state index in [0.717, 1.165) is 18.4 Å². The van der Waals surface area contributed by atoms with E-state index < -0.39 is 6.04 Å². The van der Waals surface area contributed by atoms with Crippen LogP contribution >= 0.6 is 11.3 Å². The molecule has 0 saturated carbocycles. The summed E-state index contributed by atoms with van der Waals surface area (Å²) in [5.41, 5.74) is 0.809. The van der Waals surface area contributed by atoms with E-state index in [1.54, 1.807) is 31.3 Å². The zero-order valence-electron chi connectivity index (χ0n) is 14.5. The van der Waals surface area contributed by atoms with Gasteiger partial charge in [0.25, 0.3) is 5.91 Å². The normalized spacial score (nSPS) is 11.6. The third-order valence-electron chi connectivity index (χ3n) is 3.53. The van der Waals surface area contributed by atoms with Crippen LogP contribution in [0.3, 0.4) is 0 Å². The lowest BCUT2D eigenvalue weighted by Gasteiger charge is -2.15. The molecule has 25 heavy (non-hydrogen) atoms. The second-order valence-electron chi connectivity index (χ2n) is 5.56. The van der Waals surface area contributed by atoms with Gasteiger partial charge < -0.3 is 15.4 Å². The predicted molar refractivity (Wildman–Crippen MR) is 97.7 cm³/mol. The number of thiophene rings is 1. The number of nitrogens with one attached hydrogen (secondary N) is 2. The molecule has 0 bridgehead atoms. The van der Waals surface area contributed by atoms with Crippen molar-refractivity contribution in [3.8, 4) is 5.88 Å². The number of nitrogens with zero attached hydrogens (tertiary/aromatic N) is 1. The van der Waals surface area contributed by atoms with Gasteiger partial charge in [-0.1, -0.05) is 25.5 Å². The van der Waals surface area contributed by atoms with Crippen molar-refractivity contribution in [1.82, 2.24) is 15.6 Å². The molecular formula is C18H23N3O3S. The summed E-state index contributed by atoms with van der Waals surface area (Å²) in [6, 6.07) is 6.56. The molecule has 0 aliphatic carbocycles. The highest BCUT2D eigenvalue weighted by molar-refractivity contribution is 7.12. The molecule has 2 heterocycles. The first-order valence-corrected chi connectivity index (χ1v) is 9.18. The molecule has 2 rings (SSSR count). The fourth-order valence-corrected chi connectivity index (χ4v) is 2.71. The van der Waals surface area contributed by atoms with Crippen molar-refractivity contribution in [2.75, 3.05) is 6.61 Å². The molecule has 1 atom stereocenters. The first-order valence-electron chi connectivity index (χ1n) is 8.30. The molecule has 2 aromatic heterocycles. The van der Waals surface area contributed by atoms with E-state index in [1.165, 1.54) is 11.3 Å². The summed E-state index contributed by atoms with van der Waals surface area (Å²) in [4.78, 5) is 29.0. The van der Waals surface area contributed by atoms with Crippen LogP contribution in [0, 0.1) is 0 Å². The summed E-state index contributed by atoms with van der Waals surface area (Å²) in [5.74, 6) is 0.0300. The molecule has 0 aliphatic rings. The van der Waals surface area contributed by atoms with Crippen LogP contribution in [0.15, 0.2) is 35.8 Å². The molecule has 0 aliphatic heterocycles. The van der Waals surface area contributed by atoms with Crippen molar-refractivity contribution in [1.29, 1.82) is 0 Å². The van der Waals surface area contributed by atoms with Gasteiger partial charge in [-0.15, -0.1) is 11.3 Å². The van der Waals surface area contributed by atoms with Crippen molar-refractivity contribution in [2.45, 2.75) is 39.3 Å². The maximum atomic E-state index is 12.2. The van der Waals surface area contributed by atoms with Crippen LogP contribution in [-0.4, -0.2) is 29.4 Å². The highest BCUT2D eigenvalue weighted by Crippen LogP contribution is 2.14. The SMILES string of the molecule is CCCCOc1ncccc1CNC(=O)C(C)NC(=O)c1cccs1. The fraction of sp³-hybridized carbons (Fsp3) is 0.389. The van der Waals surface area contributed by atoms with Crippen LogP contribution in [0.2, 0.25) is 0 Å². The lowest BCUT2D eigenvalue weighted by molar-refractivity contribution is -0.122. The zero-order valence-corrected chi connectivity index (χ0v) is 15.3. The van der Waals surface area contributed by atoms with Gasteiger partial charge in [0.15, 0.2) is 0 Å². The first kappa shape index (κ1) is 18.9. The molecular weight excluding hydrogens is 338 g/mol. The van der Waals surface area contributed by atoms with Gasteiger partial charge in [-0.3, -0.25) is 9.59 Å². The Balaban J connectivity index is 1.85. The number of hydrogen-bond acceptors (Lipinski definition) is 5. The zero-order chi connectivity index (χ0) is 18.1. The Morgan fingerprint density at radius 3 is 2.88 bits per heavy atom. The van der Waals surface area contributed by atoms with Crippen LogP contribution < -0.4 is 15.4 Å². The summed E-state index contributed by atoms with van der Waals surface area (Å²) in [6.45, 7) is 4.65. The molecule has 134 valence electrons. The number of carbonyl (C=O) groups is 2. The van der Waals surface area contributed by atoms with E-state index in [1.807, 2.05) is 11.4 Å². The van der Waals surface area contributed by atoms with Crippen LogP contribution in [-0.2, 0) is 11.3 Å². The molecule has 0 fully saturated rings. The summed E-state index contributed by atoms with van der Waals surface area (Å²) in [5, 5.41) is 7.32. The molecule has 7 heteroatoms. The van der Waals surface area contributed by atoms with Crippen molar-refractivity contribution in [3.63, 3.8) is 0 Å². The molecule has 0 radical (unpaired) electrons. The Bertz CT molecular complexity index is 689. The van der Waals surface area contributed by atoms with Gasteiger partial charge in [0.1, 0.15) is 6.04 Å². The predicted octanol–water partition coefficient (Wildman–Crippen LogP) is 2.76. The van der Waals surface area contributed by atoms with Gasteiger partial charge in [0.2, 0.25) is 11.8 Å². The van der Waals surface area contributed by atoms with Gasteiger partial charge in [-0.25, -0.2) is 4.98 Å². The minimum Gasteiger partial charge on any atom is -0.477 e. The van der Waals surface area contributed by atoms with E-state index in [-0.39, 0.29) is 11.8 Å². The number of carbonyl (C=O) groups excluding carboxylic acids is 2. The number of ether oxygens (including phenoxy) is 1. The topological polar surface area (TPSA) is 80.3 Å². The second kappa shape index (κ2) is 9.78. The van der Waals surface area contributed by atoms with Crippen LogP contribution in [0.25, 0.3) is 0 Å².